The summed E-state index contributed by atoms with van der Waals surface area (Å²) in [5, 5.41) is 20.2. The van der Waals surface area contributed by atoms with Crippen LogP contribution in [0.25, 0.3) is 0 Å². The van der Waals surface area contributed by atoms with Crippen molar-refractivity contribution >= 4 is 11.9 Å². The van der Waals surface area contributed by atoms with E-state index in [-0.39, 0.29) is 115 Å². The molecular formula is C15H18K2O4. The first-order valence-electron chi connectivity index (χ1n) is 6.56. The molecule has 104 valence electrons. The number of hydrogen-bond acceptors (Lipinski definition) is 4. The zero-order valence-corrected chi connectivity index (χ0v) is 19.1. The van der Waals surface area contributed by atoms with Crippen LogP contribution in [0.3, 0.4) is 0 Å². The second-order valence-corrected chi connectivity index (χ2v) is 4.73. The van der Waals surface area contributed by atoms with Crippen LogP contribution in [0.2, 0.25) is 0 Å². The average Bonchev–Trinajstić information content (AvgIpc) is 2.41. The SMILES string of the molecule is O=C([O-])CC1CCCCC1.O=C([O-])c1ccccc1.[K+].[K+]. The van der Waals surface area contributed by atoms with Gasteiger partial charge in [0.15, 0.2) is 0 Å². The Morgan fingerprint density at radius 2 is 1.48 bits per heavy atom. The molecule has 0 saturated heterocycles. The van der Waals surface area contributed by atoms with Crippen LogP contribution >= 0.6 is 0 Å². The molecule has 2 rings (SSSR count). The van der Waals surface area contributed by atoms with Gasteiger partial charge in [-0.15, -0.1) is 0 Å². The first-order chi connectivity index (χ1) is 9.09. The van der Waals surface area contributed by atoms with E-state index in [9.17, 15) is 19.8 Å². The van der Waals surface area contributed by atoms with Crippen molar-refractivity contribution in [3.8, 4) is 0 Å². The van der Waals surface area contributed by atoms with Crippen LogP contribution in [0.15, 0.2) is 30.3 Å². The van der Waals surface area contributed by atoms with Gasteiger partial charge < -0.3 is 19.8 Å². The number of aliphatic carboxylic acids is 1. The van der Waals surface area contributed by atoms with Gasteiger partial charge in [0, 0.05) is 5.97 Å². The van der Waals surface area contributed by atoms with E-state index in [1.54, 1.807) is 18.2 Å². The first-order valence-corrected chi connectivity index (χ1v) is 6.56. The Morgan fingerprint density at radius 1 is 0.952 bits per heavy atom. The van der Waals surface area contributed by atoms with Crippen LogP contribution in [0.1, 0.15) is 48.9 Å². The van der Waals surface area contributed by atoms with Crippen LogP contribution < -0.4 is 113 Å². The molecule has 0 unspecified atom stereocenters. The number of carboxylic acids is 2. The van der Waals surface area contributed by atoms with Crippen molar-refractivity contribution in [2.24, 2.45) is 5.92 Å². The molecule has 4 nitrogen and oxygen atoms in total. The number of benzene rings is 1. The molecule has 1 fully saturated rings. The van der Waals surface area contributed by atoms with Gasteiger partial charge in [0.1, 0.15) is 0 Å². The fourth-order valence-corrected chi connectivity index (χ4v) is 2.20. The van der Waals surface area contributed by atoms with Gasteiger partial charge in [0.05, 0.1) is 5.97 Å². The Morgan fingerprint density at radius 3 is 1.86 bits per heavy atom. The summed E-state index contributed by atoms with van der Waals surface area (Å²) in [5.41, 5.74) is 0.220. The Hall–Kier alpha value is 1.43. The summed E-state index contributed by atoms with van der Waals surface area (Å²) in [6.45, 7) is 0. The van der Waals surface area contributed by atoms with Crippen molar-refractivity contribution in [2.45, 2.75) is 38.5 Å². The molecule has 0 heterocycles. The molecular weight excluding hydrogens is 322 g/mol. The molecule has 21 heavy (non-hydrogen) atoms. The van der Waals surface area contributed by atoms with E-state index in [2.05, 4.69) is 0 Å². The molecule has 0 atom stereocenters. The summed E-state index contributed by atoms with van der Waals surface area (Å²) in [7, 11) is 0. The van der Waals surface area contributed by atoms with Crippen LogP contribution in [0.5, 0.6) is 0 Å². The molecule has 0 aliphatic heterocycles. The van der Waals surface area contributed by atoms with Gasteiger partial charge in [-0.05, 0) is 17.9 Å². The van der Waals surface area contributed by atoms with Crippen molar-refractivity contribution < 1.29 is 123 Å². The topological polar surface area (TPSA) is 80.3 Å². The fourth-order valence-electron chi connectivity index (χ4n) is 2.20. The third kappa shape index (κ3) is 12.5. The van der Waals surface area contributed by atoms with Gasteiger partial charge in [-0.2, -0.15) is 0 Å². The summed E-state index contributed by atoms with van der Waals surface area (Å²) in [6, 6.07) is 8.06. The van der Waals surface area contributed by atoms with Gasteiger partial charge in [-0.25, -0.2) is 0 Å². The Kier molecular flexibility index (Phi) is 17.6. The number of hydrogen-bond donors (Lipinski definition) is 0. The summed E-state index contributed by atoms with van der Waals surface area (Å²) in [5.74, 6) is -1.60. The maximum Gasteiger partial charge on any atom is 1.00 e. The van der Waals surface area contributed by atoms with Crippen molar-refractivity contribution in [1.82, 2.24) is 0 Å². The second kappa shape index (κ2) is 15.0. The van der Waals surface area contributed by atoms with Crippen molar-refractivity contribution in [3.63, 3.8) is 0 Å². The Bertz CT molecular complexity index is 403. The minimum Gasteiger partial charge on any atom is -0.550 e. The van der Waals surface area contributed by atoms with Crippen molar-refractivity contribution in [2.75, 3.05) is 0 Å². The van der Waals surface area contributed by atoms with Gasteiger partial charge >= 0.3 is 103 Å². The maximum atomic E-state index is 10.2. The average molecular weight is 341 g/mol. The van der Waals surface area contributed by atoms with Crippen LogP contribution in [0, 0.1) is 5.92 Å². The number of carboxylic acid groups (broad SMARTS) is 2. The molecule has 0 spiro atoms. The number of aromatic carboxylic acids is 1. The van der Waals surface area contributed by atoms with E-state index in [1.807, 2.05) is 0 Å². The summed E-state index contributed by atoms with van der Waals surface area (Å²) >= 11 is 0. The van der Waals surface area contributed by atoms with Gasteiger partial charge in [-0.3, -0.25) is 0 Å². The third-order valence-electron chi connectivity index (χ3n) is 3.19. The summed E-state index contributed by atoms with van der Waals surface area (Å²) < 4.78 is 0. The number of carbonyl (C=O) groups is 2. The number of rotatable bonds is 3. The monoisotopic (exact) mass is 340 g/mol. The number of carbonyl (C=O) groups excluding carboxylic acids is 2. The van der Waals surface area contributed by atoms with E-state index in [0.717, 1.165) is 12.8 Å². The first kappa shape index (κ1) is 24.7. The minimum absolute atomic E-state index is 0. The predicted molar refractivity (Wildman–Crippen MR) is 67.0 cm³/mol. The molecule has 0 bridgehead atoms. The zero-order chi connectivity index (χ0) is 14.1. The van der Waals surface area contributed by atoms with Gasteiger partial charge in [-0.1, -0.05) is 62.4 Å². The predicted octanol–water partition coefficient (Wildman–Crippen LogP) is -5.24. The summed E-state index contributed by atoms with van der Waals surface area (Å²) in [6.07, 6.45) is 6.15. The molecule has 1 aliphatic rings. The van der Waals surface area contributed by atoms with E-state index < -0.39 is 11.9 Å². The normalized spacial score (nSPS) is 13.7. The molecule has 0 N–H and O–H groups in total. The van der Waals surface area contributed by atoms with Crippen LogP contribution in [-0.4, -0.2) is 11.9 Å². The maximum absolute atomic E-state index is 10.2. The second-order valence-electron chi connectivity index (χ2n) is 4.73. The standard InChI is InChI=1S/C8H14O2.C7H6O2.2K/c9-8(10)6-7-4-2-1-3-5-7;8-7(9)6-4-2-1-3-5-6;;/h7H,1-6H2,(H,9,10);1-5H,(H,8,9);;/q;;2*+1/p-2. The summed E-state index contributed by atoms with van der Waals surface area (Å²) in [4.78, 5) is 20.2. The fraction of sp³-hybridized carbons (Fsp3) is 0.467. The molecule has 1 aromatic carbocycles. The van der Waals surface area contributed by atoms with E-state index in [1.165, 1.54) is 31.4 Å². The molecule has 1 aromatic rings. The van der Waals surface area contributed by atoms with Gasteiger partial charge in [0.25, 0.3) is 0 Å². The largest absolute Gasteiger partial charge is 1.00 e. The Labute approximate surface area is 210 Å². The molecule has 1 saturated carbocycles. The van der Waals surface area contributed by atoms with E-state index in [0.29, 0.717) is 5.92 Å². The quantitative estimate of drug-likeness (QED) is 0.515. The smallest absolute Gasteiger partial charge is 0.550 e. The van der Waals surface area contributed by atoms with Gasteiger partial charge in [0.2, 0.25) is 0 Å². The zero-order valence-electron chi connectivity index (χ0n) is 12.8. The van der Waals surface area contributed by atoms with E-state index >= 15 is 0 Å². The van der Waals surface area contributed by atoms with E-state index in [4.69, 9.17) is 0 Å². The molecule has 0 amide bonds. The Balaban J connectivity index is 0. The van der Waals surface area contributed by atoms with Crippen molar-refractivity contribution in [3.05, 3.63) is 35.9 Å². The molecule has 0 radical (unpaired) electrons. The minimum atomic E-state index is -1.13. The van der Waals surface area contributed by atoms with Crippen LogP contribution in [0.4, 0.5) is 0 Å². The van der Waals surface area contributed by atoms with Crippen LogP contribution in [-0.2, 0) is 4.79 Å². The van der Waals surface area contributed by atoms with Crippen molar-refractivity contribution in [1.29, 1.82) is 0 Å². The third-order valence-corrected chi connectivity index (χ3v) is 3.19. The molecule has 0 aromatic heterocycles. The molecule has 1 aliphatic carbocycles. The molecule has 6 heteroatoms.